The molecule has 2 aromatic rings. The van der Waals surface area contributed by atoms with Gasteiger partial charge in [0.05, 0.1) is 36.6 Å². The molecule has 12 nitrogen and oxygen atoms in total. The highest BCUT2D eigenvalue weighted by Crippen LogP contribution is 2.13. The molecule has 0 aromatic carbocycles. The number of carbonyl (C=O) groups is 2. The number of hydrogen-bond acceptors (Lipinski definition) is 10. The molecule has 14 heteroatoms. The normalized spacial score (nSPS) is 19.3. The van der Waals surface area contributed by atoms with Gasteiger partial charge in [0.2, 0.25) is 0 Å². The highest BCUT2D eigenvalue weighted by Gasteiger charge is 2.36. The number of oxime groups is 1. The molecule has 1 aliphatic heterocycles. The first-order valence-corrected chi connectivity index (χ1v) is 10.3. The summed E-state index contributed by atoms with van der Waals surface area (Å²) in [6.45, 7) is -0.447. The van der Waals surface area contributed by atoms with Crippen LogP contribution in [0.2, 0.25) is 0 Å². The average Bonchev–Trinajstić information content (AvgIpc) is 3.20. The molecule has 32 heavy (non-hydrogen) atoms. The van der Waals surface area contributed by atoms with Gasteiger partial charge in [-0.15, -0.1) is 11.3 Å². The number of carboxylic acids is 1. The third-order valence-corrected chi connectivity index (χ3v) is 5.19. The Morgan fingerprint density at radius 1 is 1.38 bits per heavy atom. The largest absolute Gasteiger partial charge is 0.481 e. The lowest BCUT2D eigenvalue weighted by Crippen LogP contribution is -2.52. The van der Waals surface area contributed by atoms with Crippen LogP contribution in [0, 0.1) is 0 Å². The van der Waals surface area contributed by atoms with E-state index in [2.05, 4.69) is 10.5 Å². The van der Waals surface area contributed by atoms with Crippen LogP contribution in [-0.4, -0.2) is 70.0 Å². The van der Waals surface area contributed by atoms with E-state index >= 15 is 0 Å². The van der Waals surface area contributed by atoms with Crippen molar-refractivity contribution >= 4 is 36.0 Å². The highest BCUT2D eigenvalue weighted by atomic mass is 32.1. The first-order valence-electron chi connectivity index (χ1n) is 9.42. The summed E-state index contributed by atoms with van der Waals surface area (Å²) in [5.41, 5.74) is -0.323. The van der Waals surface area contributed by atoms with Gasteiger partial charge in [-0.05, 0) is 11.4 Å². The molecule has 1 saturated heterocycles. The molecule has 1 amide bonds. The quantitative estimate of drug-likeness (QED) is 0.173. The fraction of sp³-hybridized carbons (Fsp3) is 0.333. The van der Waals surface area contributed by atoms with Crippen LogP contribution in [0.1, 0.15) is 17.0 Å². The van der Waals surface area contributed by atoms with Crippen LogP contribution < -0.4 is 10.7 Å². The van der Waals surface area contributed by atoms with Crippen LogP contribution in [0.25, 0.3) is 0 Å². The molecule has 1 aliphatic rings. The lowest BCUT2D eigenvalue weighted by Gasteiger charge is -2.19. The highest BCUT2D eigenvalue weighted by molar-refractivity contribution is 7.13. The van der Waals surface area contributed by atoms with E-state index in [1.54, 1.807) is 17.5 Å². The summed E-state index contributed by atoms with van der Waals surface area (Å²) in [5.74, 6) is -2.79. The molecular formula is C18H20BN3O9S. The van der Waals surface area contributed by atoms with Gasteiger partial charge in [-0.2, -0.15) is 4.73 Å². The number of carboxylic acid groups (broad SMARTS) is 1. The van der Waals surface area contributed by atoms with Crippen LogP contribution in [-0.2, 0) is 30.4 Å². The summed E-state index contributed by atoms with van der Waals surface area (Å²) in [4.78, 5) is 40.8. The second-order valence-electron chi connectivity index (χ2n) is 6.75. The minimum atomic E-state index is -1.50. The molecular weight excluding hydrogens is 445 g/mol. The predicted molar refractivity (Wildman–Crippen MR) is 111 cm³/mol. The molecule has 3 rings (SSSR count). The number of ether oxygens (including phenoxy) is 1. The zero-order chi connectivity index (χ0) is 23.1. The molecule has 0 aliphatic carbocycles. The van der Waals surface area contributed by atoms with E-state index in [4.69, 9.17) is 19.3 Å². The standard InChI is InChI=1S/C18H20BN3O9S/c23-12-3-4-22(28)11(6-12)8-30-21-17(14-2-1-5-32-14)18(26)20-15-10-29-9-13(7-16(24)25)31-19(15)27/h1-6,13,15,27-28H,7-10H2,(H,20,26)(H,24,25). The van der Waals surface area contributed by atoms with E-state index in [1.807, 2.05) is 0 Å². The third kappa shape index (κ3) is 6.40. The lowest BCUT2D eigenvalue weighted by molar-refractivity contribution is -0.139. The van der Waals surface area contributed by atoms with Gasteiger partial charge >= 0.3 is 13.1 Å². The van der Waals surface area contributed by atoms with Gasteiger partial charge in [-0.3, -0.25) is 14.4 Å². The Morgan fingerprint density at radius 2 is 2.19 bits per heavy atom. The van der Waals surface area contributed by atoms with Crippen LogP contribution in [0.15, 0.2) is 45.8 Å². The predicted octanol–water partition coefficient (Wildman–Crippen LogP) is -0.537. The molecule has 1 fully saturated rings. The van der Waals surface area contributed by atoms with E-state index in [0.29, 0.717) is 9.61 Å². The molecule has 2 aromatic heterocycles. The summed E-state index contributed by atoms with van der Waals surface area (Å²) in [6, 6.07) is 5.66. The number of aromatic nitrogens is 1. The van der Waals surface area contributed by atoms with Gasteiger partial charge in [0.25, 0.3) is 5.91 Å². The van der Waals surface area contributed by atoms with Gasteiger partial charge in [-0.25, -0.2) is 0 Å². The monoisotopic (exact) mass is 465 g/mol. The fourth-order valence-electron chi connectivity index (χ4n) is 2.79. The maximum atomic E-state index is 12.9. The molecule has 0 radical (unpaired) electrons. The second kappa shape index (κ2) is 10.9. The summed E-state index contributed by atoms with van der Waals surface area (Å²) in [7, 11) is -1.50. The van der Waals surface area contributed by atoms with Gasteiger partial charge < -0.3 is 34.9 Å². The Bertz CT molecular complexity index is 1030. The van der Waals surface area contributed by atoms with E-state index in [-0.39, 0.29) is 43.1 Å². The maximum absolute atomic E-state index is 12.9. The molecule has 2 unspecified atom stereocenters. The number of amides is 1. The van der Waals surface area contributed by atoms with Gasteiger partial charge in [-0.1, -0.05) is 11.2 Å². The second-order valence-corrected chi connectivity index (χ2v) is 7.70. The van der Waals surface area contributed by atoms with Crippen molar-refractivity contribution in [1.82, 2.24) is 10.0 Å². The third-order valence-electron chi connectivity index (χ3n) is 4.32. The average molecular weight is 465 g/mol. The lowest BCUT2D eigenvalue weighted by atomic mass is 9.79. The first-order chi connectivity index (χ1) is 15.3. The Labute approximate surface area is 185 Å². The van der Waals surface area contributed by atoms with Gasteiger partial charge in [0.1, 0.15) is 5.69 Å². The molecule has 0 saturated carbocycles. The number of nitrogens with one attached hydrogen (secondary N) is 1. The van der Waals surface area contributed by atoms with Crippen molar-refractivity contribution in [2.24, 2.45) is 5.16 Å². The van der Waals surface area contributed by atoms with E-state index in [9.17, 15) is 24.6 Å². The van der Waals surface area contributed by atoms with Crippen LogP contribution >= 0.6 is 11.3 Å². The van der Waals surface area contributed by atoms with Crippen molar-refractivity contribution in [3.63, 3.8) is 0 Å². The number of hydrogen-bond donors (Lipinski definition) is 4. The smallest absolute Gasteiger partial charge is 0.480 e. The Hall–Kier alpha value is -3.20. The van der Waals surface area contributed by atoms with Crippen molar-refractivity contribution < 1.29 is 39.2 Å². The molecule has 2 atom stereocenters. The number of carbonyl (C=O) groups excluding carboxylic acids is 1. The van der Waals surface area contributed by atoms with Gasteiger partial charge in [0, 0.05) is 18.3 Å². The molecule has 0 bridgehead atoms. The van der Waals surface area contributed by atoms with Crippen molar-refractivity contribution in [2.75, 3.05) is 13.2 Å². The summed E-state index contributed by atoms with van der Waals surface area (Å²) < 4.78 is 11.3. The van der Waals surface area contributed by atoms with E-state index < -0.39 is 31.0 Å². The zero-order valence-electron chi connectivity index (χ0n) is 16.6. The van der Waals surface area contributed by atoms with Crippen LogP contribution in [0.5, 0.6) is 0 Å². The molecule has 0 spiro atoms. The number of thiophene rings is 1. The summed E-state index contributed by atoms with van der Waals surface area (Å²) in [6.07, 6.45) is -0.0638. The zero-order valence-corrected chi connectivity index (χ0v) is 17.4. The minimum absolute atomic E-state index is 0.0509. The van der Waals surface area contributed by atoms with E-state index in [1.165, 1.54) is 17.4 Å². The topological polar surface area (TPSA) is 169 Å². The number of rotatable bonds is 8. The number of pyridine rings is 1. The molecule has 4 N–H and O–H groups in total. The maximum Gasteiger partial charge on any atom is 0.480 e. The van der Waals surface area contributed by atoms with Crippen LogP contribution in [0.3, 0.4) is 0 Å². The molecule has 170 valence electrons. The van der Waals surface area contributed by atoms with Crippen LogP contribution in [0.4, 0.5) is 0 Å². The minimum Gasteiger partial charge on any atom is -0.481 e. The summed E-state index contributed by atoms with van der Waals surface area (Å²) >= 11 is 1.22. The van der Waals surface area contributed by atoms with Crippen molar-refractivity contribution in [3.8, 4) is 0 Å². The fourth-order valence-corrected chi connectivity index (χ4v) is 3.49. The number of aliphatic carboxylic acids is 1. The first kappa shape index (κ1) is 23.5. The molecule has 3 heterocycles. The Morgan fingerprint density at radius 3 is 2.91 bits per heavy atom. The Kier molecular flexibility index (Phi) is 8.00. The SMILES string of the molecule is O=C(O)CC1COCC(NC(=O)C(=NOCc2cc(=O)ccn2O)c2cccs2)B(O)O1. The van der Waals surface area contributed by atoms with Crippen molar-refractivity contribution in [3.05, 3.63) is 56.6 Å². The van der Waals surface area contributed by atoms with Crippen molar-refractivity contribution in [1.29, 1.82) is 0 Å². The summed E-state index contributed by atoms with van der Waals surface area (Å²) in [5, 5.41) is 37.0. The Balaban J connectivity index is 1.70. The number of nitrogens with zero attached hydrogens (tertiary/aromatic N) is 2. The van der Waals surface area contributed by atoms with Gasteiger partial charge in [0.15, 0.2) is 17.7 Å². The van der Waals surface area contributed by atoms with E-state index in [0.717, 1.165) is 12.3 Å². The van der Waals surface area contributed by atoms with Crippen molar-refractivity contribution in [2.45, 2.75) is 25.1 Å².